The number of ether oxygens (including phenoxy) is 1. The first kappa shape index (κ1) is 18.7. The number of nitrogens with zero attached hydrogens (tertiary/aromatic N) is 3. The lowest BCUT2D eigenvalue weighted by atomic mass is 10.1. The lowest BCUT2D eigenvalue weighted by Crippen LogP contribution is -2.51. The lowest BCUT2D eigenvalue weighted by molar-refractivity contribution is -0.128. The number of hydrogen-bond acceptors (Lipinski definition) is 4. The van der Waals surface area contributed by atoms with Crippen LogP contribution in [-0.4, -0.2) is 59.9 Å². The van der Waals surface area contributed by atoms with Crippen molar-refractivity contribution in [3.63, 3.8) is 0 Å². The zero-order valence-corrected chi connectivity index (χ0v) is 17.1. The first-order valence-corrected chi connectivity index (χ1v) is 9.92. The largest absolute Gasteiger partial charge is 0.481 e. The Morgan fingerprint density at radius 3 is 2.39 bits per heavy atom. The number of fused-ring (bicyclic) bond motifs is 1. The van der Waals surface area contributed by atoms with E-state index in [-0.39, 0.29) is 11.8 Å². The van der Waals surface area contributed by atoms with E-state index < -0.39 is 0 Å². The molecular formula is C21H20BrN3O3. The summed E-state index contributed by atoms with van der Waals surface area (Å²) in [5.41, 5.74) is 3.61. The highest BCUT2D eigenvalue weighted by molar-refractivity contribution is 9.10. The van der Waals surface area contributed by atoms with E-state index in [1.807, 2.05) is 23.1 Å². The van der Waals surface area contributed by atoms with Crippen molar-refractivity contribution in [2.75, 3.05) is 33.3 Å². The van der Waals surface area contributed by atoms with Crippen LogP contribution >= 0.6 is 15.9 Å². The second-order valence-electron chi connectivity index (χ2n) is 6.86. The molecule has 0 unspecified atom stereocenters. The number of carbonyl (C=O) groups excluding carboxylic acids is 2. The topological polar surface area (TPSA) is 62.7 Å². The van der Waals surface area contributed by atoms with Crippen LogP contribution in [0.25, 0.3) is 6.08 Å². The maximum atomic E-state index is 12.9. The summed E-state index contributed by atoms with van der Waals surface area (Å²) in [4.78, 5) is 33.2. The molecular weight excluding hydrogens is 422 g/mol. The zero-order valence-electron chi connectivity index (χ0n) is 15.5. The summed E-state index contributed by atoms with van der Waals surface area (Å²) in [6.07, 6.45) is 4.16. The third-order valence-electron chi connectivity index (χ3n) is 5.14. The molecule has 1 aliphatic carbocycles. The van der Waals surface area contributed by atoms with Crippen LogP contribution in [0.2, 0.25) is 0 Å². The minimum atomic E-state index is -0.0698. The fraction of sp³-hybridized carbons (Fsp3) is 0.286. The number of halogens is 1. The van der Waals surface area contributed by atoms with E-state index in [4.69, 9.17) is 4.74 Å². The van der Waals surface area contributed by atoms with Crippen LogP contribution in [-0.2, 0) is 11.2 Å². The number of aromatic nitrogens is 1. The summed E-state index contributed by atoms with van der Waals surface area (Å²) in [7, 11) is 1.54. The molecule has 2 aromatic rings. The maximum absolute atomic E-state index is 12.9. The lowest BCUT2D eigenvalue weighted by Gasteiger charge is -2.35. The molecule has 4 rings (SSSR count). The predicted octanol–water partition coefficient (Wildman–Crippen LogP) is 2.78. The summed E-state index contributed by atoms with van der Waals surface area (Å²) in [5.74, 6) is 0.468. The molecule has 0 N–H and O–H groups in total. The average Bonchev–Trinajstić information content (AvgIpc) is 3.16. The maximum Gasteiger partial charge on any atom is 0.255 e. The number of rotatable bonds is 3. The third kappa shape index (κ3) is 3.67. The Labute approximate surface area is 171 Å². The molecule has 28 heavy (non-hydrogen) atoms. The second-order valence-corrected chi connectivity index (χ2v) is 7.78. The highest BCUT2D eigenvalue weighted by Crippen LogP contribution is 2.29. The number of pyridine rings is 1. The number of benzene rings is 1. The van der Waals surface area contributed by atoms with Gasteiger partial charge in [0.05, 0.1) is 12.7 Å². The first-order valence-electron chi connectivity index (χ1n) is 9.13. The molecule has 1 fully saturated rings. The second kappa shape index (κ2) is 7.75. The smallest absolute Gasteiger partial charge is 0.255 e. The van der Waals surface area contributed by atoms with Crippen LogP contribution in [0, 0.1) is 0 Å². The average molecular weight is 442 g/mol. The van der Waals surface area contributed by atoms with Crippen molar-refractivity contribution in [1.82, 2.24) is 14.8 Å². The molecule has 0 saturated carbocycles. The summed E-state index contributed by atoms with van der Waals surface area (Å²) < 4.78 is 6.05. The SMILES string of the molecule is COc1ccc(C(=O)N2CCN(C(=O)C3=Cc4ccc(Br)cc4C3)CC2)cn1. The zero-order chi connectivity index (χ0) is 19.7. The summed E-state index contributed by atoms with van der Waals surface area (Å²) in [6.45, 7) is 2.10. The molecule has 0 atom stereocenters. The van der Waals surface area contributed by atoms with E-state index in [0.717, 1.165) is 15.6 Å². The van der Waals surface area contributed by atoms with Crippen molar-refractivity contribution in [3.8, 4) is 5.88 Å². The summed E-state index contributed by atoms with van der Waals surface area (Å²) in [5, 5.41) is 0. The van der Waals surface area contributed by atoms with Gasteiger partial charge in [-0.25, -0.2) is 4.98 Å². The molecule has 6 nitrogen and oxygen atoms in total. The van der Waals surface area contributed by atoms with Gasteiger partial charge in [0.2, 0.25) is 11.8 Å². The molecule has 2 aliphatic rings. The van der Waals surface area contributed by atoms with Crippen molar-refractivity contribution < 1.29 is 14.3 Å². The highest BCUT2D eigenvalue weighted by atomic mass is 79.9. The van der Waals surface area contributed by atoms with Crippen molar-refractivity contribution in [2.45, 2.75) is 6.42 Å². The molecule has 1 aromatic heterocycles. The fourth-order valence-electron chi connectivity index (χ4n) is 3.58. The van der Waals surface area contributed by atoms with Crippen LogP contribution in [0.15, 0.2) is 46.6 Å². The van der Waals surface area contributed by atoms with Crippen LogP contribution < -0.4 is 4.74 Å². The van der Waals surface area contributed by atoms with Gasteiger partial charge in [0.15, 0.2) is 0 Å². The van der Waals surface area contributed by atoms with Gasteiger partial charge in [0, 0.05) is 54.9 Å². The molecule has 144 valence electrons. The van der Waals surface area contributed by atoms with Gasteiger partial charge < -0.3 is 14.5 Å². The van der Waals surface area contributed by atoms with Gasteiger partial charge >= 0.3 is 0 Å². The summed E-state index contributed by atoms with van der Waals surface area (Å²) in [6, 6.07) is 9.46. The Morgan fingerprint density at radius 2 is 1.75 bits per heavy atom. The van der Waals surface area contributed by atoms with E-state index >= 15 is 0 Å². The number of carbonyl (C=O) groups is 2. The monoisotopic (exact) mass is 441 g/mol. The highest BCUT2D eigenvalue weighted by Gasteiger charge is 2.28. The minimum Gasteiger partial charge on any atom is -0.481 e. The van der Waals surface area contributed by atoms with E-state index in [1.165, 1.54) is 18.9 Å². The van der Waals surface area contributed by atoms with Crippen LogP contribution in [0.3, 0.4) is 0 Å². The molecule has 2 heterocycles. The van der Waals surface area contributed by atoms with Crippen LogP contribution in [0.4, 0.5) is 0 Å². The van der Waals surface area contributed by atoms with Gasteiger partial charge in [0.1, 0.15) is 0 Å². The summed E-state index contributed by atoms with van der Waals surface area (Å²) >= 11 is 3.48. The number of methoxy groups -OCH3 is 1. The van der Waals surface area contributed by atoms with Crippen LogP contribution in [0.1, 0.15) is 21.5 Å². The molecule has 0 bridgehead atoms. The fourth-order valence-corrected chi connectivity index (χ4v) is 3.98. The third-order valence-corrected chi connectivity index (χ3v) is 5.63. The van der Waals surface area contributed by atoms with Crippen LogP contribution in [0.5, 0.6) is 5.88 Å². The standard InChI is InChI=1S/C21H20BrN3O3/c1-28-19-5-3-15(13-23-19)20(26)24-6-8-25(9-7-24)21(27)17-10-14-2-4-18(22)12-16(14)11-17/h2-5,10,12-13H,6-9,11H2,1H3. The van der Waals surface area contributed by atoms with E-state index in [0.29, 0.717) is 44.0 Å². The van der Waals surface area contributed by atoms with Gasteiger partial charge in [-0.3, -0.25) is 9.59 Å². The van der Waals surface area contributed by atoms with Gasteiger partial charge in [-0.2, -0.15) is 0 Å². The van der Waals surface area contributed by atoms with E-state index in [9.17, 15) is 9.59 Å². The van der Waals surface area contributed by atoms with E-state index in [2.05, 4.69) is 27.0 Å². The van der Waals surface area contributed by atoms with E-state index in [1.54, 1.807) is 17.0 Å². The Bertz CT molecular complexity index is 948. The first-order chi connectivity index (χ1) is 13.5. The van der Waals surface area contributed by atoms with Gasteiger partial charge in [-0.05, 0) is 35.4 Å². The molecule has 1 saturated heterocycles. The van der Waals surface area contributed by atoms with Gasteiger partial charge in [-0.1, -0.05) is 22.0 Å². The normalized spacial score (nSPS) is 15.9. The van der Waals surface area contributed by atoms with Crippen molar-refractivity contribution >= 4 is 33.8 Å². The Balaban J connectivity index is 1.36. The number of piperazine rings is 1. The Hall–Kier alpha value is -2.67. The number of amides is 2. The quantitative estimate of drug-likeness (QED) is 0.734. The molecule has 7 heteroatoms. The Kier molecular flexibility index (Phi) is 5.17. The van der Waals surface area contributed by atoms with Gasteiger partial charge in [-0.15, -0.1) is 0 Å². The van der Waals surface area contributed by atoms with Crippen molar-refractivity contribution in [2.24, 2.45) is 0 Å². The molecule has 0 spiro atoms. The van der Waals surface area contributed by atoms with Crippen molar-refractivity contribution in [1.29, 1.82) is 0 Å². The minimum absolute atomic E-state index is 0.0607. The molecule has 1 aromatic carbocycles. The molecule has 1 aliphatic heterocycles. The number of hydrogen-bond donors (Lipinski definition) is 0. The molecule has 0 radical (unpaired) electrons. The predicted molar refractivity (Wildman–Crippen MR) is 109 cm³/mol. The van der Waals surface area contributed by atoms with Gasteiger partial charge in [0.25, 0.3) is 5.91 Å². The van der Waals surface area contributed by atoms with Crippen molar-refractivity contribution in [3.05, 3.63) is 63.3 Å². The molecule has 2 amide bonds. The Morgan fingerprint density at radius 1 is 1.04 bits per heavy atom.